The fraction of sp³-hybridized carbons (Fsp3) is 0.0769. The van der Waals surface area contributed by atoms with Crippen molar-refractivity contribution in [2.75, 3.05) is 4.90 Å². The van der Waals surface area contributed by atoms with Crippen LogP contribution in [0.4, 0.5) is 17.1 Å². The molecular formula is C52H38N2. The molecular weight excluding hydrogens is 653 g/mol. The molecule has 2 aliphatic rings. The summed E-state index contributed by atoms with van der Waals surface area (Å²) in [7, 11) is 0. The molecule has 8 aromatic carbocycles. The number of rotatable bonds is 4. The topological polar surface area (TPSA) is 8.17 Å². The minimum Gasteiger partial charge on any atom is -0.310 e. The zero-order chi connectivity index (χ0) is 36.0. The molecule has 2 nitrogen and oxygen atoms in total. The summed E-state index contributed by atoms with van der Waals surface area (Å²) in [6, 6.07) is 71.9. The van der Waals surface area contributed by atoms with E-state index in [1.165, 1.54) is 66.3 Å². The first-order valence-electron chi connectivity index (χ1n) is 18.9. The van der Waals surface area contributed by atoms with Gasteiger partial charge >= 0.3 is 0 Å². The van der Waals surface area contributed by atoms with Crippen LogP contribution in [-0.2, 0) is 10.8 Å². The Morgan fingerprint density at radius 3 is 1.61 bits per heavy atom. The van der Waals surface area contributed by atoms with Crippen LogP contribution < -0.4 is 4.90 Å². The summed E-state index contributed by atoms with van der Waals surface area (Å²) in [6.45, 7) is 4.80. The first-order valence-corrected chi connectivity index (χ1v) is 18.9. The van der Waals surface area contributed by atoms with Crippen molar-refractivity contribution in [2.24, 2.45) is 0 Å². The number of aromatic nitrogens is 1. The predicted molar refractivity (Wildman–Crippen MR) is 225 cm³/mol. The van der Waals surface area contributed by atoms with E-state index in [4.69, 9.17) is 0 Å². The molecule has 0 aliphatic heterocycles. The number of fused-ring (bicyclic) bond motifs is 12. The van der Waals surface area contributed by atoms with Crippen LogP contribution in [0.3, 0.4) is 0 Å². The summed E-state index contributed by atoms with van der Waals surface area (Å²) in [5, 5.41) is 2.48. The van der Waals surface area contributed by atoms with Gasteiger partial charge in [0.15, 0.2) is 0 Å². The highest BCUT2D eigenvalue weighted by atomic mass is 15.1. The van der Waals surface area contributed by atoms with Crippen LogP contribution in [0.5, 0.6) is 0 Å². The number of anilines is 3. The zero-order valence-corrected chi connectivity index (χ0v) is 30.4. The summed E-state index contributed by atoms with van der Waals surface area (Å²) >= 11 is 0. The largest absolute Gasteiger partial charge is 0.310 e. The van der Waals surface area contributed by atoms with Crippen molar-refractivity contribution < 1.29 is 0 Å². The van der Waals surface area contributed by atoms with E-state index < -0.39 is 5.41 Å². The minimum atomic E-state index is -0.458. The third-order valence-electron chi connectivity index (χ3n) is 12.2. The summed E-state index contributed by atoms with van der Waals surface area (Å²) in [5.41, 5.74) is 17.1. The van der Waals surface area contributed by atoms with E-state index in [0.717, 1.165) is 22.7 Å². The summed E-state index contributed by atoms with van der Waals surface area (Å²) in [5.74, 6) is 0. The van der Waals surface area contributed by atoms with Gasteiger partial charge in [-0.25, -0.2) is 0 Å². The Morgan fingerprint density at radius 2 is 0.889 bits per heavy atom. The van der Waals surface area contributed by atoms with E-state index >= 15 is 0 Å². The molecule has 0 unspecified atom stereocenters. The van der Waals surface area contributed by atoms with E-state index in [-0.39, 0.29) is 5.41 Å². The van der Waals surface area contributed by atoms with Crippen LogP contribution in [0.15, 0.2) is 194 Å². The maximum Gasteiger partial charge on any atom is 0.0720 e. The number of benzene rings is 8. The molecule has 1 heterocycles. The first kappa shape index (κ1) is 30.9. The van der Waals surface area contributed by atoms with Gasteiger partial charge in [-0.1, -0.05) is 147 Å². The molecule has 1 aromatic heterocycles. The average Bonchev–Trinajstić information content (AvgIpc) is 3.72. The van der Waals surface area contributed by atoms with Crippen LogP contribution in [0, 0.1) is 0 Å². The molecule has 0 saturated heterocycles. The molecule has 2 heteroatoms. The lowest BCUT2D eigenvalue weighted by atomic mass is 9.55. The highest BCUT2D eigenvalue weighted by molar-refractivity contribution is 6.10. The first-order chi connectivity index (χ1) is 26.6. The van der Waals surface area contributed by atoms with Crippen molar-refractivity contribution >= 4 is 38.9 Å². The molecule has 54 heavy (non-hydrogen) atoms. The lowest BCUT2D eigenvalue weighted by molar-refractivity contribution is 0.563. The van der Waals surface area contributed by atoms with E-state index in [2.05, 4.69) is 217 Å². The van der Waals surface area contributed by atoms with Crippen LogP contribution in [0.1, 0.15) is 47.2 Å². The lowest BCUT2D eigenvalue weighted by Gasteiger charge is -2.47. The highest BCUT2D eigenvalue weighted by Crippen LogP contribution is 2.62. The third-order valence-corrected chi connectivity index (χ3v) is 12.2. The number of nitrogens with zero attached hydrogens (tertiary/aromatic N) is 2. The van der Waals surface area contributed by atoms with Gasteiger partial charge in [0.25, 0.3) is 0 Å². The Hall–Kier alpha value is -6.64. The third kappa shape index (κ3) is 4.11. The molecule has 9 aromatic rings. The zero-order valence-electron chi connectivity index (χ0n) is 30.4. The lowest BCUT2D eigenvalue weighted by Crippen LogP contribution is -2.40. The SMILES string of the molecule is CC1(C)c2ccccc2C2(c3ccccc3-c3ccccc32)c2cc(N(c3ccccc3)c3ccc4c(c3)c3ccccc3n4-c3ccccc3)ccc21. The van der Waals surface area contributed by atoms with Gasteiger partial charge in [0, 0.05) is 38.9 Å². The van der Waals surface area contributed by atoms with Gasteiger partial charge in [-0.05, 0) is 105 Å². The Morgan fingerprint density at radius 1 is 0.370 bits per heavy atom. The Labute approximate surface area is 316 Å². The van der Waals surface area contributed by atoms with Gasteiger partial charge < -0.3 is 9.47 Å². The molecule has 11 rings (SSSR count). The monoisotopic (exact) mass is 690 g/mol. The van der Waals surface area contributed by atoms with Crippen molar-refractivity contribution in [3.05, 3.63) is 228 Å². The van der Waals surface area contributed by atoms with E-state index in [9.17, 15) is 0 Å². The molecule has 256 valence electrons. The van der Waals surface area contributed by atoms with Gasteiger partial charge in [-0.15, -0.1) is 0 Å². The summed E-state index contributed by atoms with van der Waals surface area (Å²) in [4.78, 5) is 2.45. The van der Waals surface area contributed by atoms with E-state index in [1.54, 1.807) is 0 Å². The van der Waals surface area contributed by atoms with Crippen molar-refractivity contribution in [3.63, 3.8) is 0 Å². The molecule has 0 saturated carbocycles. The summed E-state index contributed by atoms with van der Waals surface area (Å²) in [6.07, 6.45) is 0. The molecule has 0 amide bonds. The van der Waals surface area contributed by atoms with Gasteiger partial charge in [0.2, 0.25) is 0 Å². The van der Waals surface area contributed by atoms with Crippen LogP contribution in [-0.4, -0.2) is 4.57 Å². The van der Waals surface area contributed by atoms with E-state index in [0.29, 0.717) is 0 Å². The molecule has 1 spiro atoms. The fourth-order valence-corrected chi connectivity index (χ4v) is 9.97. The molecule has 0 radical (unpaired) electrons. The quantitative estimate of drug-likeness (QED) is 0.178. The smallest absolute Gasteiger partial charge is 0.0720 e. The van der Waals surface area contributed by atoms with Crippen LogP contribution in [0.25, 0.3) is 38.6 Å². The maximum absolute atomic E-state index is 2.51. The molecule has 0 fully saturated rings. The Kier molecular flexibility index (Phi) is 6.55. The second-order valence-electron chi connectivity index (χ2n) is 15.3. The molecule has 0 bridgehead atoms. The molecule has 2 aliphatic carbocycles. The number of hydrogen-bond acceptors (Lipinski definition) is 1. The van der Waals surface area contributed by atoms with Gasteiger partial charge in [-0.3, -0.25) is 0 Å². The van der Waals surface area contributed by atoms with Gasteiger partial charge in [0.1, 0.15) is 0 Å². The van der Waals surface area contributed by atoms with Crippen molar-refractivity contribution in [3.8, 4) is 16.8 Å². The van der Waals surface area contributed by atoms with Crippen molar-refractivity contribution in [2.45, 2.75) is 24.7 Å². The number of hydrogen-bond donors (Lipinski definition) is 0. The molecule has 0 atom stereocenters. The van der Waals surface area contributed by atoms with Gasteiger partial charge in [-0.2, -0.15) is 0 Å². The van der Waals surface area contributed by atoms with Gasteiger partial charge in [0.05, 0.1) is 16.4 Å². The average molecular weight is 691 g/mol. The minimum absolute atomic E-state index is 0.196. The standard InChI is InChI=1S/C52H38N2/c1-51(2)45-26-14-15-27-47(45)52(43-24-12-9-21-39(43)40-22-10-13-25-44(40)52)48-34-38(29-31-46(48)51)53(35-17-5-3-6-18-35)37-30-32-50-42(33-37)41-23-11-16-28-49(41)54(50)36-19-7-4-8-20-36/h3-34H,1-2H3. The Bertz CT molecular complexity index is 2870. The highest BCUT2D eigenvalue weighted by Gasteiger charge is 2.53. The second kappa shape index (κ2) is 11.4. The van der Waals surface area contributed by atoms with Crippen LogP contribution >= 0.6 is 0 Å². The molecule has 0 N–H and O–H groups in total. The second-order valence-corrected chi connectivity index (χ2v) is 15.3. The normalized spacial score (nSPS) is 14.4. The predicted octanol–water partition coefficient (Wildman–Crippen LogP) is 13.3. The van der Waals surface area contributed by atoms with Crippen molar-refractivity contribution in [1.29, 1.82) is 0 Å². The van der Waals surface area contributed by atoms with E-state index in [1.807, 2.05) is 0 Å². The van der Waals surface area contributed by atoms with Crippen molar-refractivity contribution in [1.82, 2.24) is 4.57 Å². The summed E-state index contributed by atoms with van der Waals surface area (Å²) < 4.78 is 2.39. The van der Waals surface area contributed by atoms with Crippen LogP contribution in [0.2, 0.25) is 0 Å². The Balaban J connectivity index is 1.20. The maximum atomic E-state index is 2.51. The number of para-hydroxylation sites is 3. The fourth-order valence-electron chi connectivity index (χ4n) is 9.97.